The molecule has 0 saturated carbocycles. The molecule has 1 aromatic carbocycles. The lowest BCUT2D eigenvalue weighted by Crippen LogP contribution is -2.31. The van der Waals surface area contributed by atoms with Gasteiger partial charge in [-0.25, -0.2) is 14.2 Å². The number of fused-ring (bicyclic) bond motifs is 3. The van der Waals surface area contributed by atoms with Crippen LogP contribution < -0.4 is 10.4 Å². The highest BCUT2D eigenvalue weighted by Crippen LogP contribution is 2.33. The first-order valence-electron chi connectivity index (χ1n) is 14.6. The Labute approximate surface area is 250 Å². The van der Waals surface area contributed by atoms with Crippen molar-refractivity contribution in [2.45, 2.75) is 44.6 Å². The normalized spacial score (nSPS) is 18.0. The Morgan fingerprint density at radius 3 is 2.56 bits per heavy atom. The minimum atomic E-state index is -3.67. The smallest absolute Gasteiger partial charge is 0.329 e. The second kappa shape index (κ2) is 13.5. The van der Waals surface area contributed by atoms with Crippen LogP contribution in [0.25, 0.3) is 33.1 Å². The zero-order valence-electron chi connectivity index (χ0n) is 24.5. The summed E-state index contributed by atoms with van der Waals surface area (Å²) in [7, 11) is -1.92. The number of benzene rings is 1. The molecule has 232 valence electrons. The second-order valence-electron chi connectivity index (χ2n) is 11.1. The molecule has 6 rings (SSSR count). The van der Waals surface area contributed by atoms with Crippen LogP contribution in [0.4, 0.5) is 4.39 Å². The van der Waals surface area contributed by atoms with E-state index in [1.807, 2.05) is 6.07 Å². The van der Waals surface area contributed by atoms with Gasteiger partial charge in [0.25, 0.3) is 10.1 Å². The molecule has 3 aromatic heterocycles. The summed E-state index contributed by atoms with van der Waals surface area (Å²) in [6, 6.07) is 6.78. The lowest BCUT2D eigenvalue weighted by molar-refractivity contribution is 0.0593. The number of piperidine rings is 1. The van der Waals surface area contributed by atoms with Gasteiger partial charge in [0.05, 0.1) is 48.3 Å². The number of halogens is 1. The Morgan fingerprint density at radius 1 is 1.12 bits per heavy atom. The van der Waals surface area contributed by atoms with Crippen molar-refractivity contribution in [3.8, 4) is 17.0 Å². The van der Waals surface area contributed by atoms with E-state index >= 15 is 4.39 Å². The van der Waals surface area contributed by atoms with Crippen LogP contribution in [0.3, 0.4) is 0 Å². The number of pyridine rings is 2. The minimum Gasteiger partial charge on any atom is -0.478 e. The standard InChI is InChI=1S/C29H34FN5O3.CH4O3S/c1-33-26-18-31-25-16-24(30)22(15-23(25)28(26)35(29(33)36)21-7-5-13-37-19-21)20-8-9-27(32-17-20)38-14-6-12-34-10-3-2-4-11-34;1-5(2,3)4/h8-9,15-18,21H,2-7,10-14,19H2,1H3;1H3,(H,2,3,4)/t21-;/m0./s1. The first kappa shape index (κ1) is 31.0. The van der Waals surface area contributed by atoms with E-state index < -0.39 is 10.1 Å². The molecule has 11 nitrogen and oxygen atoms in total. The molecule has 1 atom stereocenters. The number of rotatable bonds is 7. The summed E-state index contributed by atoms with van der Waals surface area (Å²) < 4.78 is 56.1. The number of hydrogen-bond acceptors (Lipinski definition) is 8. The Morgan fingerprint density at radius 2 is 1.88 bits per heavy atom. The van der Waals surface area contributed by atoms with Crippen molar-refractivity contribution in [2.75, 3.05) is 45.7 Å². The molecule has 43 heavy (non-hydrogen) atoms. The highest BCUT2D eigenvalue weighted by atomic mass is 32.2. The third-order valence-corrected chi connectivity index (χ3v) is 7.87. The number of hydrogen-bond donors (Lipinski definition) is 1. The highest BCUT2D eigenvalue weighted by molar-refractivity contribution is 7.85. The van der Waals surface area contributed by atoms with Gasteiger partial charge in [-0.15, -0.1) is 0 Å². The van der Waals surface area contributed by atoms with Crippen LogP contribution >= 0.6 is 0 Å². The monoisotopic (exact) mass is 615 g/mol. The molecule has 0 unspecified atom stereocenters. The van der Waals surface area contributed by atoms with Crippen LogP contribution in [0.5, 0.6) is 5.88 Å². The summed E-state index contributed by atoms with van der Waals surface area (Å²) >= 11 is 0. The van der Waals surface area contributed by atoms with Gasteiger partial charge >= 0.3 is 5.69 Å². The van der Waals surface area contributed by atoms with Gasteiger partial charge in [0.2, 0.25) is 5.88 Å². The molecule has 2 fully saturated rings. The van der Waals surface area contributed by atoms with E-state index in [0.29, 0.717) is 48.6 Å². The lowest BCUT2D eigenvalue weighted by Gasteiger charge is -2.26. The highest BCUT2D eigenvalue weighted by Gasteiger charge is 2.24. The van der Waals surface area contributed by atoms with Gasteiger partial charge in [-0.1, -0.05) is 6.42 Å². The van der Waals surface area contributed by atoms with Crippen molar-refractivity contribution in [1.82, 2.24) is 24.0 Å². The van der Waals surface area contributed by atoms with E-state index in [1.165, 1.54) is 38.4 Å². The summed E-state index contributed by atoms with van der Waals surface area (Å²) in [5, 5.41) is 0.736. The molecule has 0 amide bonds. The van der Waals surface area contributed by atoms with E-state index in [0.717, 1.165) is 42.2 Å². The van der Waals surface area contributed by atoms with E-state index in [4.69, 9.17) is 14.0 Å². The van der Waals surface area contributed by atoms with E-state index in [1.54, 1.807) is 40.7 Å². The van der Waals surface area contributed by atoms with Gasteiger partial charge in [0.1, 0.15) is 5.82 Å². The number of ether oxygens (including phenoxy) is 2. The average Bonchev–Trinajstić information content (AvgIpc) is 3.25. The maximum absolute atomic E-state index is 15.3. The largest absolute Gasteiger partial charge is 0.478 e. The maximum atomic E-state index is 15.3. The summed E-state index contributed by atoms with van der Waals surface area (Å²) in [6.07, 6.45) is 10.6. The molecule has 1 N–H and O–H groups in total. The van der Waals surface area contributed by atoms with Gasteiger partial charge in [-0.3, -0.25) is 18.7 Å². The number of imidazole rings is 1. The van der Waals surface area contributed by atoms with Crippen molar-refractivity contribution < 1.29 is 26.8 Å². The van der Waals surface area contributed by atoms with Crippen LogP contribution in [0, 0.1) is 5.82 Å². The molecule has 5 heterocycles. The number of nitrogens with zero attached hydrogens (tertiary/aromatic N) is 5. The van der Waals surface area contributed by atoms with Crippen molar-refractivity contribution in [3.63, 3.8) is 0 Å². The van der Waals surface area contributed by atoms with Crippen LogP contribution in [0.15, 0.2) is 41.5 Å². The zero-order chi connectivity index (χ0) is 30.6. The maximum Gasteiger partial charge on any atom is 0.329 e. The lowest BCUT2D eigenvalue weighted by atomic mass is 10.0. The van der Waals surface area contributed by atoms with Crippen LogP contribution in [0.1, 0.15) is 44.6 Å². The van der Waals surface area contributed by atoms with Crippen LogP contribution in [-0.2, 0) is 21.9 Å². The third-order valence-electron chi connectivity index (χ3n) is 7.87. The van der Waals surface area contributed by atoms with Crippen molar-refractivity contribution in [1.29, 1.82) is 0 Å². The Balaban J connectivity index is 0.000000682. The first-order chi connectivity index (χ1) is 20.6. The summed E-state index contributed by atoms with van der Waals surface area (Å²) in [4.78, 5) is 24.6. The Kier molecular flexibility index (Phi) is 9.75. The third kappa shape index (κ3) is 7.58. The van der Waals surface area contributed by atoms with E-state index in [2.05, 4.69) is 14.9 Å². The van der Waals surface area contributed by atoms with Gasteiger partial charge in [-0.05, 0) is 57.3 Å². The van der Waals surface area contributed by atoms with Gasteiger partial charge < -0.3 is 14.4 Å². The molecule has 2 aliphatic heterocycles. The van der Waals surface area contributed by atoms with E-state index in [9.17, 15) is 13.2 Å². The fourth-order valence-electron chi connectivity index (χ4n) is 5.81. The molecule has 0 spiro atoms. The fraction of sp³-hybridized carbons (Fsp3) is 0.500. The van der Waals surface area contributed by atoms with E-state index in [-0.39, 0.29) is 17.5 Å². The van der Waals surface area contributed by atoms with Gasteiger partial charge in [0.15, 0.2) is 0 Å². The molecule has 0 bridgehead atoms. The molecule has 4 aromatic rings. The predicted octanol–water partition coefficient (Wildman–Crippen LogP) is 4.20. The van der Waals surface area contributed by atoms with Gasteiger partial charge in [0, 0.05) is 55.0 Å². The number of likely N-dealkylation sites (tertiary alicyclic amines) is 1. The molecule has 13 heteroatoms. The fourth-order valence-corrected chi connectivity index (χ4v) is 5.81. The Hall–Kier alpha value is -3.39. The average molecular weight is 616 g/mol. The second-order valence-corrected chi connectivity index (χ2v) is 12.6. The van der Waals surface area contributed by atoms with Crippen molar-refractivity contribution in [2.24, 2.45) is 7.05 Å². The summed E-state index contributed by atoms with van der Waals surface area (Å²) in [5.74, 6) is 0.152. The quantitative estimate of drug-likeness (QED) is 0.240. The summed E-state index contributed by atoms with van der Waals surface area (Å²) in [6.45, 7) is 5.20. The number of aromatic nitrogens is 4. The van der Waals surface area contributed by atoms with Crippen LogP contribution in [-0.4, -0.2) is 82.7 Å². The van der Waals surface area contributed by atoms with Crippen LogP contribution in [0.2, 0.25) is 0 Å². The molecule has 2 aliphatic rings. The number of aryl methyl sites for hydroxylation is 1. The molecular formula is C30H38FN5O6S. The Bertz CT molecular complexity index is 1720. The molecule has 0 aliphatic carbocycles. The summed E-state index contributed by atoms with van der Waals surface area (Å²) in [5.41, 5.74) is 2.94. The molecule has 2 saturated heterocycles. The SMILES string of the molecule is CS(=O)(=O)O.Cn1c(=O)n([C@H]2CCCOC2)c2c3cc(-c4ccc(OCCCN5CCCCC5)nc4)c(F)cc3ncc21. The topological polar surface area (TPSA) is 129 Å². The van der Waals surface area contributed by atoms with Gasteiger partial charge in [-0.2, -0.15) is 8.42 Å². The molecular weight excluding hydrogens is 577 g/mol. The molecule has 0 radical (unpaired) electrons. The zero-order valence-corrected chi connectivity index (χ0v) is 25.4. The first-order valence-corrected chi connectivity index (χ1v) is 16.5. The van der Waals surface area contributed by atoms with Crippen molar-refractivity contribution in [3.05, 3.63) is 53.0 Å². The van der Waals surface area contributed by atoms with Crippen molar-refractivity contribution >= 4 is 32.1 Å². The minimum absolute atomic E-state index is 0.0629. The predicted molar refractivity (Wildman–Crippen MR) is 163 cm³/mol.